The summed E-state index contributed by atoms with van der Waals surface area (Å²) in [6, 6.07) is 4.58. The maximum Gasteiger partial charge on any atom is 0.313 e. The SMILES string of the molecule is O=C(NC[C@H]1CCCC[C@@H]1O)C(=O)Nc1ccc(Cl)cc1Cl. The lowest BCUT2D eigenvalue weighted by atomic mass is 9.86. The zero-order valence-electron chi connectivity index (χ0n) is 11.9. The van der Waals surface area contributed by atoms with Crippen LogP contribution >= 0.6 is 23.2 Å². The Morgan fingerprint density at radius 2 is 1.91 bits per heavy atom. The summed E-state index contributed by atoms with van der Waals surface area (Å²) in [6.07, 6.45) is 3.22. The molecule has 120 valence electrons. The molecule has 2 amide bonds. The quantitative estimate of drug-likeness (QED) is 0.737. The molecule has 1 aliphatic carbocycles. The number of benzene rings is 1. The van der Waals surface area contributed by atoms with E-state index in [9.17, 15) is 14.7 Å². The van der Waals surface area contributed by atoms with Gasteiger partial charge in [0.1, 0.15) is 0 Å². The van der Waals surface area contributed by atoms with Gasteiger partial charge in [-0.2, -0.15) is 0 Å². The molecule has 0 aromatic heterocycles. The van der Waals surface area contributed by atoms with Crippen molar-refractivity contribution in [2.45, 2.75) is 31.8 Å². The smallest absolute Gasteiger partial charge is 0.313 e. The Morgan fingerprint density at radius 1 is 1.18 bits per heavy atom. The molecular formula is C15H18Cl2N2O3. The summed E-state index contributed by atoms with van der Waals surface area (Å²) in [6.45, 7) is 0.293. The van der Waals surface area contributed by atoms with E-state index in [0.717, 1.165) is 25.7 Å². The van der Waals surface area contributed by atoms with Crippen molar-refractivity contribution < 1.29 is 14.7 Å². The maximum absolute atomic E-state index is 11.8. The first-order chi connectivity index (χ1) is 10.5. The number of nitrogens with one attached hydrogen (secondary N) is 2. The number of rotatable bonds is 3. The molecule has 1 fully saturated rings. The third kappa shape index (κ3) is 4.60. The van der Waals surface area contributed by atoms with Gasteiger partial charge in [0.2, 0.25) is 0 Å². The first-order valence-corrected chi connectivity index (χ1v) is 7.95. The molecule has 0 unspecified atom stereocenters. The Labute approximate surface area is 139 Å². The fraction of sp³-hybridized carbons (Fsp3) is 0.467. The van der Waals surface area contributed by atoms with Gasteiger partial charge in [-0.1, -0.05) is 36.0 Å². The number of hydrogen-bond acceptors (Lipinski definition) is 3. The first-order valence-electron chi connectivity index (χ1n) is 7.19. The molecule has 22 heavy (non-hydrogen) atoms. The minimum atomic E-state index is -0.797. The van der Waals surface area contributed by atoms with Crippen LogP contribution in [0.15, 0.2) is 18.2 Å². The number of anilines is 1. The highest BCUT2D eigenvalue weighted by Gasteiger charge is 2.24. The fourth-order valence-electron chi connectivity index (χ4n) is 2.50. The van der Waals surface area contributed by atoms with E-state index in [4.69, 9.17) is 23.2 Å². The average molecular weight is 345 g/mol. The third-order valence-electron chi connectivity index (χ3n) is 3.78. The van der Waals surface area contributed by atoms with Crippen LogP contribution in [0.1, 0.15) is 25.7 Å². The molecular weight excluding hydrogens is 327 g/mol. The van der Waals surface area contributed by atoms with Gasteiger partial charge in [-0.05, 0) is 31.0 Å². The molecule has 1 aliphatic rings. The van der Waals surface area contributed by atoms with Crippen molar-refractivity contribution in [1.29, 1.82) is 0 Å². The van der Waals surface area contributed by atoms with Crippen molar-refractivity contribution in [3.05, 3.63) is 28.2 Å². The molecule has 2 rings (SSSR count). The van der Waals surface area contributed by atoms with E-state index in [1.54, 1.807) is 6.07 Å². The van der Waals surface area contributed by atoms with Crippen LogP contribution in [0.25, 0.3) is 0 Å². The highest BCUT2D eigenvalue weighted by molar-refractivity contribution is 6.42. The zero-order valence-corrected chi connectivity index (χ0v) is 13.5. The van der Waals surface area contributed by atoms with Crippen molar-refractivity contribution in [3.63, 3.8) is 0 Å². The van der Waals surface area contributed by atoms with Crippen LogP contribution in [-0.2, 0) is 9.59 Å². The van der Waals surface area contributed by atoms with Gasteiger partial charge >= 0.3 is 11.8 Å². The lowest BCUT2D eigenvalue weighted by Gasteiger charge is -2.27. The van der Waals surface area contributed by atoms with Gasteiger partial charge in [-0.15, -0.1) is 0 Å². The lowest BCUT2D eigenvalue weighted by molar-refractivity contribution is -0.136. The molecule has 1 aromatic rings. The summed E-state index contributed by atoms with van der Waals surface area (Å²) in [5.41, 5.74) is 0.323. The maximum atomic E-state index is 11.8. The Balaban J connectivity index is 1.85. The largest absolute Gasteiger partial charge is 0.393 e. The standard InChI is InChI=1S/C15H18Cl2N2O3/c16-10-5-6-12(11(17)7-10)19-15(22)14(21)18-8-9-3-1-2-4-13(9)20/h5-7,9,13,20H,1-4,8H2,(H,18,21)(H,19,22)/t9-,13+/m1/s1. The van der Waals surface area contributed by atoms with E-state index >= 15 is 0 Å². The van der Waals surface area contributed by atoms with Crippen molar-refractivity contribution in [2.24, 2.45) is 5.92 Å². The van der Waals surface area contributed by atoms with Crippen LogP contribution in [0.2, 0.25) is 10.0 Å². The zero-order chi connectivity index (χ0) is 16.1. The number of aliphatic hydroxyl groups excluding tert-OH is 1. The predicted octanol–water partition coefficient (Wildman–Crippen LogP) is 2.60. The molecule has 1 aromatic carbocycles. The average Bonchev–Trinajstić information content (AvgIpc) is 2.49. The van der Waals surface area contributed by atoms with Gasteiger partial charge in [0.15, 0.2) is 0 Å². The number of hydrogen-bond donors (Lipinski definition) is 3. The van der Waals surface area contributed by atoms with E-state index in [1.807, 2.05) is 0 Å². The second kappa shape index (κ2) is 7.81. The lowest BCUT2D eigenvalue weighted by Crippen LogP contribution is -2.41. The molecule has 0 radical (unpaired) electrons. The molecule has 0 spiro atoms. The summed E-state index contributed by atoms with van der Waals surface area (Å²) in [4.78, 5) is 23.6. The van der Waals surface area contributed by atoms with E-state index in [2.05, 4.69) is 10.6 Å². The monoisotopic (exact) mass is 344 g/mol. The summed E-state index contributed by atoms with van der Waals surface area (Å²) in [7, 11) is 0. The predicted molar refractivity (Wildman–Crippen MR) is 86.1 cm³/mol. The van der Waals surface area contributed by atoms with E-state index in [-0.39, 0.29) is 10.9 Å². The molecule has 1 saturated carbocycles. The summed E-state index contributed by atoms with van der Waals surface area (Å²) in [5.74, 6) is -1.54. The van der Waals surface area contributed by atoms with Gasteiger partial charge in [-0.3, -0.25) is 9.59 Å². The summed E-state index contributed by atoms with van der Waals surface area (Å²) in [5, 5.41) is 15.5. The molecule has 7 heteroatoms. The van der Waals surface area contributed by atoms with Crippen molar-refractivity contribution in [1.82, 2.24) is 5.32 Å². The van der Waals surface area contributed by atoms with Gasteiger partial charge in [-0.25, -0.2) is 0 Å². The van der Waals surface area contributed by atoms with Crippen LogP contribution in [-0.4, -0.2) is 29.6 Å². The molecule has 0 heterocycles. The van der Waals surface area contributed by atoms with Crippen LogP contribution in [0.3, 0.4) is 0 Å². The van der Waals surface area contributed by atoms with E-state index in [0.29, 0.717) is 17.3 Å². The number of amides is 2. The van der Waals surface area contributed by atoms with Crippen LogP contribution in [0.5, 0.6) is 0 Å². The minimum absolute atomic E-state index is 0.00428. The van der Waals surface area contributed by atoms with Gasteiger partial charge in [0.05, 0.1) is 16.8 Å². The van der Waals surface area contributed by atoms with Gasteiger partial charge in [0, 0.05) is 17.5 Å². The number of carbonyl (C=O) groups excluding carboxylic acids is 2. The second-order valence-corrected chi connectivity index (χ2v) is 6.24. The highest BCUT2D eigenvalue weighted by atomic mass is 35.5. The fourth-order valence-corrected chi connectivity index (χ4v) is 2.96. The molecule has 0 saturated heterocycles. The van der Waals surface area contributed by atoms with Crippen LogP contribution < -0.4 is 10.6 Å². The summed E-state index contributed by atoms with van der Waals surface area (Å²) >= 11 is 11.7. The van der Waals surface area contributed by atoms with Crippen molar-refractivity contribution >= 4 is 40.7 Å². The van der Waals surface area contributed by atoms with Crippen molar-refractivity contribution in [2.75, 3.05) is 11.9 Å². The molecule has 3 N–H and O–H groups in total. The first kappa shape index (κ1) is 17.1. The Kier molecular flexibility index (Phi) is 6.06. The topological polar surface area (TPSA) is 78.4 Å². The Hall–Kier alpha value is -1.30. The Morgan fingerprint density at radius 3 is 2.59 bits per heavy atom. The minimum Gasteiger partial charge on any atom is -0.393 e. The molecule has 0 aliphatic heterocycles. The molecule has 5 nitrogen and oxygen atoms in total. The van der Waals surface area contributed by atoms with Crippen molar-refractivity contribution in [3.8, 4) is 0 Å². The molecule has 2 atom stereocenters. The van der Waals surface area contributed by atoms with Crippen LogP contribution in [0.4, 0.5) is 5.69 Å². The normalized spacial score (nSPS) is 21.2. The second-order valence-electron chi connectivity index (χ2n) is 5.40. The van der Waals surface area contributed by atoms with E-state index in [1.165, 1.54) is 12.1 Å². The van der Waals surface area contributed by atoms with Crippen LogP contribution in [0, 0.1) is 5.92 Å². The number of halogens is 2. The van der Waals surface area contributed by atoms with Gasteiger partial charge < -0.3 is 15.7 Å². The van der Waals surface area contributed by atoms with Gasteiger partial charge in [0.25, 0.3) is 0 Å². The summed E-state index contributed by atoms with van der Waals surface area (Å²) < 4.78 is 0. The molecule has 0 bridgehead atoms. The number of carbonyl (C=O) groups is 2. The third-order valence-corrected chi connectivity index (χ3v) is 4.33. The number of aliphatic hydroxyl groups is 1. The Bertz CT molecular complexity index is 566. The van der Waals surface area contributed by atoms with E-state index < -0.39 is 17.9 Å². The highest BCUT2D eigenvalue weighted by Crippen LogP contribution is 2.25.